The minimum Gasteiger partial charge on any atom is -0.508 e. The van der Waals surface area contributed by atoms with Crippen LogP contribution in [0, 0.1) is 0 Å². The number of nitrogens with one attached hydrogen (secondary N) is 1. The molecule has 0 amide bonds. The number of aromatic hydroxyl groups is 1. The number of hydrogen-bond donors (Lipinski definition) is 3. The van der Waals surface area contributed by atoms with Crippen LogP contribution in [0.25, 0.3) is 0 Å². The van der Waals surface area contributed by atoms with Crippen molar-refractivity contribution in [3.8, 4) is 5.75 Å². The summed E-state index contributed by atoms with van der Waals surface area (Å²) in [7, 11) is 0. The first-order valence-corrected chi connectivity index (χ1v) is 5.33. The van der Waals surface area contributed by atoms with Gasteiger partial charge in [0, 0.05) is 11.6 Å². The fourth-order valence-electron chi connectivity index (χ4n) is 1.43. The van der Waals surface area contributed by atoms with E-state index in [-0.39, 0.29) is 11.8 Å². The number of aliphatic carboxylic acids is 1. The van der Waals surface area contributed by atoms with Crippen LogP contribution in [0.5, 0.6) is 5.75 Å². The quantitative estimate of drug-likeness (QED) is 0.713. The maximum Gasteiger partial charge on any atom is 0.325 e. The van der Waals surface area contributed by atoms with Crippen LogP contribution in [-0.2, 0) is 4.79 Å². The number of rotatable bonds is 5. The lowest BCUT2D eigenvalue weighted by molar-refractivity contribution is -0.139. The highest BCUT2D eigenvalue weighted by molar-refractivity contribution is 5.76. The van der Waals surface area contributed by atoms with E-state index in [0.717, 1.165) is 6.42 Å². The van der Waals surface area contributed by atoms with Crippen LogP contribution in [0.15, 0.2) is 24.3 Å². The lowest BCUT2D eigenvalue weighted by Crippen LogP contribution is -2.34. The first kappa shape index (κ1) is 12.5. The smallest absolute Gasteiger partial charge is 0.325 e. The summed E-state index contributed by atoms with van der Waals surface area (Å²) in [4.78, 5) is 11.1. The number of carbonyl (C=O) groups is 1. The van der Waals surface area contributed by atoms with Crippen molar-refractivity contribution in [2.24, 2.45) is 0 Å². The molecule has 0 aliphatic heterocycles. The molecule has 1 aromatic rings. The highest BCUT2D eigenvalue weighted by atomic mass is 16.4. The Morgan fingerprint density at radius 2 is 2.06 bits per heavy atom. The van der Waals surface area contributed by atoms with E-state index in [1.807, 2.05) is 13.8 Å². The van der Waals surface area contributed by atoms with Gasteiger partial charge in [-0.15, -0.1) is 0 Å². The second kappa shape index (κ2) is 5.51. The van der Waals surface area contributed by atoms with Gasteiger partial charge < -0.3 is 10.2 Å². The predicted molar refractivity (Wildman–Crippen MR) is 61.4 cm³/mol. The molecule has 4 heteroatoms. The van der Waals surface area contributed by atoms with Gasteiger partial charge in [0.15, 0.2) is 0 Å². The summed E-state index contributed by atoms with van der Waals surface area (Å²) in [5, 5.41) is 21.7. The Labute approximate surface area is 94.9 Å². The highest BCUT2D eigenvalue weighted by Gasteiger charge is 2.23. The lowest BCUT2D eigenvalue weighted by Gasteiger charge is -2.20. The monoisotopic (exact) mass is 223 g/mol. The fraction of sp³-hybridized carbons (Fsp3) is 0.417. The Kier molecular flexibility index (Phi) is 4.31. The second-order valence-electron chi connectivity index (χ2n) is 3.81. The second-order valence-corrected chi connectivity index (χ2v) is 3.81. The molecule has 0 bridgehead atoms. The number of para-hydroxylation sites is 1. The summed E-state index contributed by atoms with van der Waals surface area (Å²) >= 11 is 0. The Hall–Kier alpha value is -1.55. The van der Waals surface area contributed by atoms with Gasteiger partial charge in [0.1, 0.15) is 11.8 Å². The molecular formula is C12H17NO3. The molecule has 4 nitrogen and oxygen atoms in total. The van der Waals surface area contributed by atoms with Crippen LogP contribution in [0.3, 0.4) is 0 Å². The molecule has 88 valence electrons. The highest BCUT2D eigenvalue weighted by Crippen LogP contribution is 2.24. The molecule has 3 N–H and O–H groups in total. The SMILES string of the molecule is CCC(C)NC(C(=O)O)c1ccccc1O. The molecule has 16 heavy (non-hydrogen) atoms. The maximum absolute atomic E-state index is 11.1. The van der Waals surface area contributed by atoms with Gasteiger partial charge in [0.25, 0.3) is 0 Å². The van der Waals surface area contributed by atoms with Gasteiger partial charge in [-0.05, 0) is 19.4 Å². The summed E-state index contributed by atoms with van der Waals surface area (Å²) in [6, 6.07) is 5.70. The Bertz CT molecular complexity index is 365. The van der Waals surface area contributed by atoms with Crippen molar-refractivity contribution in [1.82, 2.24) is 5.32 Å². The summed E-state index contributed by atoms with van der Waals surface area (Å²) < 4.78 is 0. The standard InChI is InChI=1S/C12H17NO3/c1-3-8(2)13-11(12(15)16)9-6-4-5-7-10(9)14/h4-8,11,13-14H,3H2,1-2H3,(H,15,16). The number of phenolic OH excluding ortho intramolecular Hbond substituents is 1. The van der Waals surface area contributed by atoms with E-state index in [1.54, 1.807) is 18.2 Å². The molecule has 0 aromatic heterocycles. The van der Waals surface area contributed by atoms with Gasteiger partial charge in [-0.25, -0.2) is 0 Å². The van der Waals surface area contributed by atoms with Gasteiger partial charge >= 0.3 is 5.97 Å². The minimum atomic E-state index is -0.984. The van der Waals surface area contributed by atoms with Gasteiger partial charge in [-0.1, -0.05) is 25.1 Å². The van der Waals surface area contributed by atoms with Crippen LogP contribution in [-0.4, -0.2) is 22.2 Å². The molecule has 0 aliphatic carbocycles. The zero-order chi connectivity index (χ0) is 12.1. The van der Waals surface area contributed by atoms with Crippen LogP contribution >= 0.6 is 0 Å². The normalized spacial score (nSPS) is 14.4. The zero-order valence-corrected chi connectivity index (χ0v) is 9.47. The van der Waals surface area contributed by atoms with E-state index in [9.17, 15) is 9.90 Å². The van der Waals surface area contributed by atoms with Crippen molar-refractivity contribution < 1.29 is 15.0 Å². The van der Waals surface area contributed by atoms with E-state index < -0.39 is 12.0 Å². The maximum atomic E-state index is 11.1. The molecule has 0 fully saturated rings. The van der Waals surface area contributed by atoms with Crippen molar-refractivity contribution >= 4 is 5.97 Å². The molecule has 0 radical (unpaired) electrons. The fourth-order valence-corrected chi connectivity index (χ4v) is 1.43. The predicted octanol–water partition coefficient (Wildman–Crippen LogP) is 1.91. The molecular weight excluding hydrogens is 206 g/mol. The number of benzene rings is 1. The molecule has 2 atom stereocenters. The zero-order valence-electron chi connectivity index (χ0n) is 9.47. The summed E-state index contributed by atoms with van der Waals surface area (Å²) in [6.07, 6.45) is 0.831. The molecule has 0 aliphatic rings. The van der Waals surface area contributed by atoms with Crippen molar-refractivity contribution in [2.75, 3.05) is 0 Å². The number of hydrogen-bond acceptors (Lipinski definition) is 3. The lowest BCUT2D eigenvalue weighted by atomic mass is 10.0. The number of carboxylic acids is 1. The average molecular weight is 223 g/mol. The molecule has 2 unspecified atom stereocenters. The molecule has 0 saturated carbocycles. The van der Waals surface area contributed by atoms with E-state index in [2.05, 4.69) is 5.32 Å². The van der Waals surface area contributed by atoms with Crippen LogP contribution in [0.1, 0.15) is 31.9 Å². The Morgan fingerprint density at radius 1 is 1.44 bits per heavy atom. The van der Waals surface area contributed by atoms with Gasteiger partial charge in [-0.3, -0.25) is 10.1 Å². The van der Waals surface area contributed by atoms with Crippen molar-refractivity contribution in [3.63, 3.8) is 0 Å². The summed E-state index contributed by atoms with van der Waals surface area (Å²) in [6.45, 7) is 3.89. The van der Waals surface area contributed by atoms with Crippen LogP contribution in [0.2, 0.25) is 0 Å². The molecule has 0 spiro atoms. The van der Waals surface area contributed by atoms with Crippen molar-refractivity contribution in [1.29, 1.82) is 0 Å². The van der Waals surface area contributed by atoms with Crippen LogP contribution in [0.4, 0.5) is 0 Å². The molecule has 0 heterocycles. The third-order valence-electron chi connectivity index (χ3n) is 2.56. The van der Waals surface area contributed by atoms with E-state index in [4.69, 9.17) is 5.11 Å². The number of carboxylic acid groups (broad SMARTS) is 1. The molecule has 1 aromatic carbocycles. The first-order chi connectivity index (χ1) is 7.56. The van der Waals surface area contributed by atoms with E-state index >= 15 is 0 Å². The average Bonchev–Trinajstić information content (AvgIpc) is 2.26. The third-order valence-corrected chi connectivity index (χ3v) is 2.56. The first-order valence-electron chi connectivity index (χ1n) is 5.33. The number of phenols is 1. The minimum absolute atomic E-state index is 0.00528. The molecule has 1 rings (SSSR count). The topological polar surface area (TPSA) is 69.6 Å². The molecule has 0 saturated heterocycles. The third kappa shape index (κ3) is 2.97. The Morgan fingerprint density at radius 3 is 2.56 bits per heavy atom. The van der Waals surface area contributed by atoms with Gasteiger partial charge in [-0.2, -0.15) is 0 Å². The summed E-state index contributed by atoms with van der Waals surface area (Å²) in [5.41, 5.74) is 0.398. The van der Waals surface area contributed by atoms with Crippen molar-refractivity contribution in [2.45, 2.75) is 32.4 Å². The summed E-state index contributed by atoms with van der Waals surface area (Å²) in [5.74, 6) is -0.979. The largest absolute Gasteiger partial charge is 0.508 e. The van der Waals surface area contributed by atoms with Gasteiger partial charge in [0.05, 0.1) is 0 Å². The van der Waals surface area contributed by atoms with Crippen molar-refractivity contribution in [3.05, 3.63) is 29.8 Å². The van der Waals surface area contributed by atoms with Crippen LogP contribution < -0.4 is 5.32 Å². The van der Waals surface area contributed by atoms with E-state index in [1.165, 1.54) is 6.07 Å². The Balaban J connectivity index is 2.94. The van der Waals surface area contributed by atoms with Gasteiger partial charge in [0.2, 0.25) is 0 Å². The van der Waals surface area contributed by atoms with E-state index in [0.29, 0.717) is 5.56 Å².